The number of rotatable bonds is 6. The summed E-state index contributed by atoms with van der Waals surface area (Å²) in [5.41, 5.74) is 3.33. The lowest BCUT2D eigenvalue weighted by Gasteiger charge is -2.20. The standard InChI is InChI=1S/C14H15NO2.C12H20N2O2.C11H18N2O/c1-14(2,3)10-6-4-9-5-7-11(13(16)17)15-12(9)8-10;1-12(2,3)9-6-13-11(14-7-9)5-4-10(16)8-15;1-10(2,3)8-6-12-9(13-7-8)11(4,5)14/h4-8H,1-3H3,(H,16,17);6-7,10,15-16H,4-5,8H2,1-3H3;6-7,14H,1-5H3. The van der Waals surface area contributed by atoms with Crippen molar-refractivity contribution in [1.82, 2.24) is 24.9 Å². The van der Waals surface area contributed by atoms with Crippen LogP contribution in [0.4, 0.5) is 0 Å². The van der Waals surface area contributed by atoms with Gasteiger partial charge in [0.2, 0.25) is 0 Å². The number of hydrogen-bond donors (Lipinski definition) is 4. The number of aryl methyl sites for hydroxylation is 1. The van der Waals surface area contributed by atoms with Gasteiger partial charge in [0.25, 0.3) is 0 Å². The average Bonchev–Trinajstić information content (AvgIpc) is 2.98. The Hall–Kier alpha value is -3.86. The summed E-state index contributed by atoms with van der Waals surface area (Å²) < 4.78 is 0. The van der Waals surface area contributed by atoms with Crippen molar-refractivity contribution in [2.24, 2.45) is 0 Å². The summed E-state index contributed by atoms with van der Waals surface area (Å²) in [4.78, 5) is 31.8. The second-order valence-electron chi connectivity index (χ2n) is 15.3. The van der Waals surface area contributed by atoms with Crippen LogP contribution in [0.25, 0.3) is 10.9 Å². The summed E-state index contributed by atoms with van der Waals surface area (Å²) in [6, 6.07) is 9.32. The molecule has 0 spiro atoms. The van der Waals surface area contributed by atoms with Gasteiger partial charge in [0.05, 0.1) is 18.2 Å². The van der Waals surface area contributed by atoms with E-state index in [4.69, 9.17) is 10.2 Å². The van der Waals surface area contributed by atoms with E-state index in [-0.39, 0.29) is 28.5 Å². The first-order valence-electron chi connectivity index (χ1n) is 15.8. The molecule has 47 heavy (non-hydrogen) atoms. The molecule has 0 aliphatic carbocycles. The fourth-order valence-electron chi connectivity index (χ4n) is 3.99. The Bertz CT molecular complexity index is 1550. The van der Waals surface area contributed by atoms with E-state index in [0.717, 1.165) is 27.6 Å². The van der Waals surface area contributed by atoms with Gasteiger partial charge >= 0.3 is 5.97 Å². The summed E-state index contributed by atoms with van der Waals surface area (Å²) in [5.74, 6) is 0.180. The number of aromatic nitrogens is 5. The molecule has 0 bridgehead atoms. The lowest BCUT2D eigenvalue weighted by atomic mass is 9.86. The van der Waals surface area contributed by atoms with Crippen LogP contribution in [0.1, 0.15) is 121 Å². The Morgan fingerprint density at radius 2 is 1.19 bits per heavy atom. The molecule has 10 nitrogen and oxygen atoms in total. The van der Waals surface area contributed by atoms with Crippen molar-refractivity contribution < 1.29 is 25.2 Å². The number of pyridine rings is 1. The minimum Gasteiger partial charge on any atom is -0.477 e. The Balaban J connectivity index is 0.000000246. The van der Waals surface area contributed by atoms with Crippen LogP contribution in [0.3, 0.4) is 0 Å². The molecule has 0 saturated heterocycles. The highest BCUT2D eigenvalue weighted by molar-refractivity contribution is 5.89. The lowest BCUT2D eigenvalue weighted by Crippen LogP contribution is -2.21. The summed E-state index contributed by atoms with van der Waals surface area (Å²) >= 11 is 0. The Morgan fingerprint density at radius 1 is 0.723 bits per heavy atom. The molecule has 0 radical (unpaired) electrons. The molecule has 1 aromatic carbocycles. The zero-order chi connectivity index (χ0) is 35.8. The minimum absolute atomic E-state index is 0.0368. The topological polar surface area (TPSA) is 162 Å². The highest BCUT2D eigenvalue weighted by Crippen LogP contribution is 2.26. The Morgan fingerprint density at radius 3 is 1.62 bits per heavy atom. The van der Waals surface area contributed by atoms with Crippen molar-refractivity contribution in [2.75, 3.05) is 6.61 Å². The monoisotopic (exact) mass is 647 g/mol. The van der Waals surface area contributed by atoms with Crippen molar-refractivity contribution >= 4 is 16.9 Å². The number of hydrogen-bond acceptors (Lipinski definition) is 9. The second kappa shape index (κ2) is 15.8. The summed E-state index contributed by atoms with van der Waals surface area (Å²) in [6.45, 7) is 22.2. The van der Waals surface area contributed by atoms with Crippen LogP contribution in [0, 0.1) is 0 Å². The van der Waals surface area contributed by atoms with Crippen LogP contribution in [-0.2, 0) is 28.3 Å². The summed E-state index contributed by atoms with van der Waals surface area (Å²) in [7, 11) is 0. The zero-order valence-electron chi connectivity index (χ0n) is 29.8. The number of benzene rings is 1. The van der Waals surface area contributed by atoms with Gasteiger partial charge in [-0.2, -0.15) is 0 Å². The van der Waals surface area contributed by atoms with Crippen LogP contribution in [0.5, 0.6) is 0 Å². The number of aliphatic hydroxyl groups excluding tert-OH is 2. The molecule has 0 aliphatic rings. The van der Waals surface area contributed by atoms with Crippen LogP contribution in [0.2, 0.25) is 0 Å². The molecule has 3 aromatic heterocycles. The molecule has 1 unspecified atom stereocenters. The van der Waals surface area contributed by atoms with Crippen molar-refractivity contribution in [3.63, 3.8) is 0 Å². The smallest absolute Gasteiger partial charge is 0.354 e. The number of carboxylic acids is 1. The molecule has 4 N–H and O–H groups in total. The fourth-order valence-corrected chi connectivity index (χ4v) is 3.99. The van der Waals surface area contributed by atoms with E-state index in [1.165, 1.54) is 6.07 Å². The molecule has 4 aromatic rings. The first kappa shape index (κ1) is 39.3. The molecule has 0 saturated carbocycles. The predicted octanol–water partition coefficient (Wildman–Crippen LogP) is 6.29. The zero-order valence-corrected chi connectivity index (χ0v) is 29.8. The van der Waals surface area contributed by atoms with Gasteiger partial charge in [-0.25, -0.2) is 29.7 Å². The third-order valence-corrected chi connectivity index (χ3v) is 7.33. The van der Waals surface area contributed by atoms with E-state index >= 15 is 0 Å². The number of carboxylic acid groups (broad SMARTS) is 1. The maximum Gasteiger partial charge on any atom is 0.354 e. The molecule has 10 heteroatoms. The first-order chi connectivity index (χ1) is 21.5. The number of aliphatic hydroxyl groups is 3. The number of nitrogens with zero attached hydrogens (tertiary/aromatic N) is 5. The van der Waals surface area contributed by atoms with Gasteiger partial charge in [0.15, 0.2) is 5.82 Å². The van der Waals surface area contributed by atoms with Gasteiger partial charge in [-0.15, -0.1) is 0 Å². The highest BCUT2D eigenvalue weighted by atomic mass is 16.4. The summed E-state index contributed by atoms with van der Waals surface area (Å²) in [6.07, 6.45) is 7.62. The third kappa shape index (κ3) is 12.7. The number of aromatic carboxylic acids is 1. The van der Waals surface area contributed by atoms with Crippen molar-refractivity contribution in [3.05, 3.63) is 89.2 Å². The van der Waals surface area contributed by atoms with E-state index in [1.807, 2.05) is 24.5 Å². The molecule has 0 aliphatic heterocycles. The van der Waals surface area contributed by atoms with Crippen LogP contribution in [-0.4, -0.2) is 64.0 Å². The van der Waals surface area contributed by atoms with Gasteiger partial charge in [0, 0.05) is 36.6 Å². The molecule has 1 atom stereocenters. The lowest BCUT2D eigenvalue weighted by molar-refractivity contribution is 0.0680. The van der Waals surface area contributed by atoms with E-state index in [2.05, 4.69) is 93.3 Å². The maximum atomic E-state index is 10.9. The van der Waals surface area contributed by atoms with Crippen molar-refractivity contribution in [1.29, 1.82) is 0 Å². The molecule has 256 valence electrons. The van der Waals surface area contributed by atoms with Crippen LogP contribution in [0.15, 0.2) is 55.1 Å². The molecule has 4 rings (SSSR count). The highest BCUT2D eigenvalue weighted by Gasteiger charge is 2.21. The van der Waals surface area contributed by atoms with Gasteiger partial charge in [-0.1, -0.05) is 80.5 Å². The maximum absolute atomic E-state index is 10.9. The van der Waals surface area contributed by atoms with E-state index in [0.29, 0.717) is 24.5 Å². The van der Waals surface area contributed by atoms with E-state index < -0.39 is 17.7 Å². The van der Waals surface area contributed by atoms with Crippen LogP contribution < -0.4 is 0 Å². The van der Waals surface area contributed by atoms with E-state index in [1.54, 1.807) is 32.3 Å². The average molecular weight is 648 g/mol. The van der Waals surface area contributed by atoms with Crippen molar-refractivity contribution in [3.8, 4) is 0 Å². The minimum atomic E-state index is -0.993. The SMILES string of the molecule is CC(C)(C)c1ccc2ccc(C(=O)O)nc2c1.CC(C)(C)c1cnc(C(C)(C)O)nc1.CC(C)(C)c1cnc(CCC(O)CO)nc1. The Labute approximate surface area is 279 Å². The van der Waals surface area contributed by atoms with Crippen LogP contribution >= 0.6 is 0 Å². The molecular weight excluding hydrogens is 594 g/mol. The summed E-state index contributed by atoms with van der Waals surface area (Å²) in [5, 5.41) is 37.4. The molecule has 0 amide bonds. The third-order valence-electron chi connectivity index (χ3n) is 7.33. The van der Waals surface area contributed by atoms with Gasteiger partial charge in [-0.3, -0.25) is 0 Å². The molecule has 0 fully saturated rings. The fraction of sp³-hybridized carbons (Fsp3) is 0.514. The van der Waals surface area contributed by atoms with Gasteiger partial charge < -0.3 is 20.4 Å². The van der Waals surface area contributed by atoms with Crippen molar-refractivity contribution in [2.45, 2.75) is 117 Å². The first-order valence-corrected chi connectivity index (χ1v) is 15.8. The number of fused-ring (bicyclic) bond motifs is 1. The largest absolute Gasteiger partial charge is 0.477 e. The van der Waals surface area contributed by atoms with E-state index in [9.17, 15) is 15.0 Å². The number of carbonyl (C=O) groups is 1. The van der Waals surface area contributed by atoms with Gasteiger partial charge in [-0.05, 0) is 65.3 Å². The van der Waals surface area contributed by atoms with Gasteiger partial charge in [0.1, 0.15) is 17.1 Å². The normalized spacial score (nSPS) is 12.8. The second-order valence-corrected chi connectivity index (χ2v) is 15.3. The molecule has 3 heterocycles. The quantitative estimate of drug-likeness (QED) is 0.187. The predicted molar refractivity (Wildman–Crippen MR) is 186 cm³/mol. The Kier molecular flexibility index (Phi) is 13.2. The molecular formula is C37H53N5O5.